The van der Waals surface area contributed by atoms with E-state index in [1.807, 2.05) is 130 Å². The standard InChI is InChI=1S/C33H37.C27H35.9C2H6.2Y/c1-4-11-21-18(8-1)22-14-7-15-26-29(22)30(21)27-17-16-25-19-9-2-3-10-20(19)28-23-12-5-6-13-24(23)31(26)33(27)32(25)28;1-2-9-18-16(7-1)15-17-8-5-13-22-24(17)25(18)23-14-6-12-21-19-10-3-4-11-20(19)26(22)27(21)23;9*1-2;;/h1-4,8-11,22-30,32-33H,5-7,12-17H2;3-4,10-11,16-18,21-24,26-27H,1-2,5-9,12-15H2;9*1-2H3;;/q2*-1;;;;;;;;;;;. The average Bonchev–Trinajstić information content (AvgIpc) is 3.61. The Labute approximate surface area is 549 Å². The number of hydrogen-bond acceptors (Lipinski definition) is 0. The van der Waals surface area contributed by atoms with Crippen LogP contribution in [0.5, 0.6) is 0 Å². The molecule has 0 aromatic heterocycles. The van der Waals surface area contributed by atoms with Crippen LogP contribution in [0.4, 0.5) is 0 Å². The van der Waals surface area contributed by atoms with Crippen molar-refractivity contribution in [1.82, 2.24) is 0 Å². The van der Waals surface area contributed by atoms with Crippen molar-refractivity contribution < 1.29 is 65.4 Å². The van der Waals surface area contributed by atoms with Gasteiger partial charge in [-0.25, -0.2) is 0 Å². The predicted molar refractivity (Wildman–Crippen MR) is 346 cm³/mol. The van der Waals surface area contributed by atoms with E-state index in [0.29, 0.717) is 0 Å². The maximum Gasteiger partial charge on any atom is 0 e. The van der Waals surface area contributed by atoms with Gasteiger partial charge in [-0.1, -0.05) is 354 Å². The van der Waals surface area contributed by atoms with Gasteiger partial charge in [0.05, 0.1) is 0 Å². The van der Waals surface area contributed by atoms with Crippen LogP contribution in [0.3, 0.4) is 0 Å². The Balaban J connectivity index is 0.000000267. The van der Waals surface area contributed by atoms with Crippen LogP contribution >= 0.6 is 0 Å². The van der Waals surface area contributed by atoms with Crippen molar-refractivity contribution in [2.45, 2.75) is 289 Å². The fourth-order valence-electron chi connectivity index (χ4n) is 21.9. The van der Waals surface area contributed by atoms with Crippen molar-refractivity contribution in [3.05, 3.63) is 118 Å². The molecular weight excluding hydrogens is 1110 g/mol. The van der Waals surface area contributed by atoms with Gasteiger partial charge in [0.25, 0.3) is 0 Å². The van der Waals surface area contributed by atoms with Crippen LogP contribution in [0.2, 0.25) is 0 Å². The van der Waals surface area contributed by atoms with E-state index < -0.39 is 0 Å². The number of benzene rings is 3. The van der Waals surface area contributed by atoms with Crippen LogP contribution in [0.15, 0.2) is 72.8 Å². The van der Waals surface area contributed by atoms with Gasteiger partial charge in [0.1, 0.15) is 0 Å². The Morgan fingerprint density at radius 3 is 1.10 bits per heavy atom. The molecule has 20 atom stereocenters. The number of fused-ring (bicyclic) bond motifs is 18. The van der Waals surface area contributed by atoms with Gasteiger partial charge in [-0.3, -0.25) is 0 Å². The third-order valence-corrected chi connectivity index (χ3v) is 22.9. The van der Waals surface area contributed by atoms with Gasteiger partial charge in [0.15, 0.2) is 0 Å². The summed E-state index contributed by atoms with van der Waals surface area (Å²) < 4.78 is 0. The summed E-state index contributed by atoms with van der Waals surface area (Å²) in [4.78, 5) is 0. The fraction of sp³-hybridized carbons (Fsp3) is 0.744. The molecule has 0 spiro atoms. The second-order valence-corrected chi connectivity index (χ2v) is 24.2. The molecule has 0 amide bonds. The molecule has 20 unspecified atom stereocenters. The minimum Gasteiger partial charge on any atom is -0.303 e. The second kappa shape index (κ2) is 35.6. The van der Waals surface area contributed by atoms with E-state index >= 15 is 0 Å². The SMILES string of the molecule is CC.CC.CC.CC.CC.CC.CC.CC.CC.[Y].[Y].c1ccc2c(c1)C1CCCC3[C-]4C5CCCCC5C5c6ccccc6C6CCC(C2C13)C4C65.c1ccc2c(c1)C1CCCC3[C-]4C5CCCCC5CC5CCCC(C2C13)C45. The van der Waals surface area contributed by atoms with Crippen LogP contribution in [0, 0.1) is 94.7 Å². The first-order chi connectivity index (χ1) is 38.8. The quantitative estimate of drug-likeness (QED) is 0.197. The maximum absolute atomic E-state index is 2.57. The Hall–Kier alpha value is -0.132. The van der Waals surface area contributed by atoms with Crippen molar-refractivity contribution in [1.29, 1.82) is 0 Å². The number of rotatable bonds is 0. The van der Waals surface area contributed by atoms with Gasteiger partial charge < -0.3 is 11.8 Å². The first-order valence-corrected chi connectivity index (χ1v) is 35.8. The summed E-state index contributed by atoms with van der Waals surface area (Å²) in [7, 11) is 0. The molecule has 0 nitrogen and oxygen atoms in total. The third-order valence-electron chi connectivity index (χ3n) is 22.9. The fourth-order valence-corrected chi connectivity index (χ4v) is 21.9. The summed E-state index contributed by atoms with van der Waals surface area (Å²) in [6, 6.07) is 29.4. The molecule has 0 saturated heterocycles. The van der Waals surface area contributed by atoms with E-state index in [1.165, 1.54) is 96.3 Å². The van der Waals surface area contributed by atoms with Crippen molar-refractivity contribution in [3.63, 3.8) is 0 Å². The summed E-state index contributed by atoms with van der Waals surface area (Å²) in [6.45, 7) is 36.0. The van der Waals surface area contributed by atoms with Crippen molar-refractivity contribution in [2.24, 2.45) is 82.9 Å². The van der Waals surface area contributed by atoms with Crippen molar-refractivity contribution in [3.8, 4) is 0 Å². The Bertz CT molecular complexity index is 2160. The molecule has 3 aromatic carbocycles. The van der Waals surface area contributed by atoms with Crippen LogP contribution in [-0.2, 0) is 65.4 Å². The molecular formula is C78H126Y2-2. The topological polar surface area (TPSA) is 0 Å². The van der Waals surface area contributed by atoms with E-state index in [4.69, 9.17) is 0 Å². The van der Waals surface area contributed by atoms with Crippen LogP contribution < -0.4 is 0 Å². The molecule has 13 aliphatic rings. The molecule has 0 heterocycles. The molecule has 80 heavy (non-hydrogen) atoms. The van der Waals surface area contributed by atoms with Gasteiger partial charge in [-0.15, -0.1) is 0 Å². The smallest absolute Gasteiger partial charge is 0 e. The summed E-state index contributed by atoms with van der Waals surface area (Å²) >= 11 is 0. The summed E-state index contributed by atoms with van der Waals surface area (Å²) in [5, 5.41) is 0. The molecule has 0 bridgehead atoms. The van der Waals surface area contributed by atoms with E-state index in [2.05, 4.69) is 84.6 Å². The van der Waals surface area contributed by atoms with E-state index in [0.717, 1.165) is 118 Å². The van der Waals surface area contributed by atoms with E-state index in [9.17, 15) is 0 Å². The molecule has 13 aliphatic carbocycles. The minimum atomic E-state index is 0. The zero-order valence-corrected chi connectivity index (χ0v) is 61.4. The van der Waals surface area contributed by atoms with E-state index in [-0.39, 0.29) is 65.4 Å². The molecule has 10 saturated carbocycles. The van der Waals surface area contributed by atoms with Gasteiger partial charge in [-0.2, -0.15) is 35.5 Å². The maximum atomic E-state index is 2.57. The molecule has 10 fully saturated rings. The second-order valence-electron chi connectivity index (χ2n) is 24.2. The van der Waals surface area contributed by atoms with Crippen molar-refractivity contribution in [2.75, 3.05) is 0 Å². The summed E-state index contributed by atoms with van der Waals surface area (Å²) in [5.41, 5.74) is 10.8. The molecule has 2 heteroatoms. The van der Waals surface area contributed by atoms with Gasteiger partial charge >= 0.3 is 0 Å². The van der Waals surface area contributed by atoms with Crippen LogP contribution in [0.25, 0.3) is 0 Å². The van der Waals surface area contributed by atoms with Crippen LogP contribution in [0.1, 0.15) is 322 Å². The van der Waals surface area contributed by atoms with Crippen LogP contribution in [-0.4, -0.2) is 0 Å². The van der Waals surface area contributed by atoms with Gasteiger partial charge in [0, 0.05) is 65.4 Å². The molecule has 2 radical (unpaired) electrons. The Morgan fingerprint density at radius 2 is 0.613 bits per heavy atom. The largest absolute Gasteiger partial charge is 0.303 e. The molecule has 16 rings (SSSR count). The van der Waals surface area contributed by atoms with Crippen molar-refractivity contribution >= 4 is 0 Å². The predicted octanol–water partition coefficient (Wildman–Crippen LogP) is 24.6. The number of hydrogen-bond donors (Lipinski definition) is 0. The zero-order chi connectivity index (χ0) is 56.8. The Kier molecular flexibility index (Phi) is 32.2. The minimum absolute atomic E-state index is 0. The van der Waals surface area contributed by atoms with Gasteiger partial charge in [0.2, 0.25) is 0 Å². The Morgan fingerprint density at radius 1 is 0.275 bits per heavy atom. The molecule has 0 N–H and O–H groups in total. The monoisotopic (exact) mass is 1240 g/mol. The summed E-state index contributed by atoms with van der Waals surface area (Å²) in [6.07, 6.45) is 30.3. The zero-order valence-electron chi connectivity index (χ0n) is 55.8. The first-order valence-electron chi connectivity index (χ1n) is 35.8. The van der Waals surface area contributed by atoms with E-state index in [1.54, 1.807) is 59.9 Å². The molecule has 3 aromatic rings. The average molecular weight is 1240 g/mol. The van der Waals surface area contributed by atoms with Gasteiger partial charge in [-0.05, 0) is 88.2 Å². The summed E-state index contributed by atoms with van der Waals surface area (Å²) in [5.74, 6) is 23.5. The molecule has 446 valence electrons. The third kappa shape index (κ3) is 12.8. The molecule has 0 aliphatic heterocycles. The normalized spacial score (nSPS) is 37.6. The first kappa shape index (κ1) is 72.3.